The quantitative estimate of drug-likeness (QED) is 0.564. The number of nitrogens with one attached hydrogen (secondary N) is 1. The van der Waals surface area contributed by atoms with Gasteiger partial charge < -0.3 is 10.1 Å². The van der Waals surface area contributed by atoms with E-state index in [1.54, 1.807) is 23.7 Å². The van der Waals surface area contributed by atoms with E-state index in [4.69, 9.17) is 11.6 Å². The highest BCUT2D eigenvalue weighted by Crippen LogP contribution is 2.34. The van der Waals surface area contributed by atoms with E-state index in [-0.39, 0.29) is 23.4 Å². The average Bonchev–Trinajstić information content (AvgIpc) is 3.12. The molecule has 0 unspecified atom stereocenters. The monoisotopic (exact) mass is 384 g/mol. The molecule has 0 bridgehead atoms. The zero-order valence-electron chi connectivity index (χ0n) is 15.0. The predicted molar refractivity (Wildman–Crippen MR) is 102 cm³/mol. The van der Waals surface area contributed by atoms with E-state index in [0.29, 0.717) is 16.7 Å². The van der Waals surface area contributed by atoms with Crippen LogP contribution in [0.5, 0.6) is 0 Å². The van der Waals surface area contributed by atoms with E-state index >= 15 is 0 Å². The average molecular weight is 385 g/mol. The largest absolute Gasteiger partial charge is 0.390 e. The lowest BCUT2D eigenvalue weighted by atomic mass is 10.1. The lowest BCUT2D eigenvalue weighted by molar-refractivity contribution is 0.279. The number of hydrogen-bond donors (Lipinski definition) is 2. The van der Waals surface area contributed by atoms with Crippen LogP contribution in [0.2, 0.25) is 5.02 Å². The number of aryl methyl sites for hydroxylation is 3. The molecule has 0 atom stereocenters. The molecule has 27 heavy (non-hydrogen) atoms. The molecule has 0 radical (unpaired) electrons. The van der Waals surface area contributed by atoms with Gasteiger partial charge in [-0.25, -0.2) is 9.50 Å². The Hall–Kier alpha value is -2.97. The Morgan fingerprint density at radius 1 is 1.19 bits per heavy atom. The molecule has 4 rings (SSSR count). The molecule has 3 aromatic heterocycles. The highest BCUT2D eigenvalue weighted by Gasteiger charge is 2.24. The normalized spacial score (nSPS) is 11.4. The van der Waals surface area contributed by atoms with E-state index in [2.05, 4.69) is 20.2 Å². The van der Waals surface area contributed by atoms with Crippen LogP contribution in [-0.2, 0) is 13.7 Å². The van der Waals surface area contributed by atoms with Crippen LogP contribution < -0.4 is 5.56 Å². The third-order valence-corrected chi connectivity index (χ3v) is 4.65. The molecular weight excluding hydrogens is 368 g/mol. The maximum absolute atomic E-state index is 12.4. The lowest BCUT2D eigenvalue weighted by Crippen LogP contribution is -2.15. The first-order chi connectivity index (χ1) is 12.9. The van der Waals surface area contributed by atoms with Gasteiger partial charge in [-0.15, -0.1) is 0 Å². The second-order valence-electron chi connectivity index (χ2n) is 6.28. The Morgan fingerprint density at radius 2 is 1.89 bits per heavy atom. The van der Waals surface area contributed by atoms with Crippen LogP contribution in [-0.4, -0.2) is 34.5 Å². The van der Waals surface area contributed by atoms with Crippen molar-refractivity contribution in [3.8, 4) is 22.6 Å². The van der Waals surface area contributed by atoms with Crippen molar-refractivity contribution < 1.29 is 5.11 Å². The summed E-state index contributed by atoms with van der Waals surface area (Å²) in [6, 6.07) is 7.41. The number of fused-ring (bicyclic) bond motifs is 1. The van der Waals surface area contributed by atoms with Crippen LogP contribution in [0.3, 0.4) is 0 Å². The molecule has 3 heterocycles. The van der Waals surface area contributed by atoms with Crippen LogP contribution >= 0.6 is 11.6 Å². The number of rotatable bonds is 3. The Bertz CT molecular complexity index is 1220. The van der Waals surface area contributed by atoms with Crippen molar-refractivity contribution in [3.63, 3.8) is 0 Å². The molecule has 0 spiro atoms. The summed E-state index contributed by atoms with van der Waals surface area (Å²) in [7, 11) is 1.84. The fraction of sp³-hybridized carbons (Fsp3) is 0.222. The van der Waals surface area contributed by atoms with E-state index in [9.17, 15) is 9.90 Å². The standard InChI is InChI=1S/C18H17ClN6O2/c1-9-14(15(24(3)22-9)11-4-6-12(19)7-5-11)17-21-13(8-26)16-18(27)20-10(2)23-25(16)17/h4-7,26H,8H2,1-3H3,(H,20,23,27). The summed E-state index contributed by atoms with van der Waals surface area (Å²) < 4.78 is 3.23. The predicted octanol–water partition coefficient (Wildman–Crippen LogP) is 2.25. The molecule has 138 valence electrons. The van der Waals surface area contributed by atoms with Crippen molar-refractivity contribution in [1.82, 2.24) is 29.4 Å². The minimum Gasteiger partial charge on any atom is -0.390 e. The summed E-state index contributed by atoms with van der Waals surface area (Å²) in [4.78, 5) is 19.6. The van der Waals surface area contributed by atoms with E-state index in [1.807, 2.05) is 26.1 Å². The topological polar surface area (TPSA) is 101 Å². The molecular formula is C18H17ClN6O2. The second kappa shape index (κ2) is 6.33. The number of nitrogens with zero attached hydrogens (tertiary/aromatic N) is 5. The van der Waals surface area contributed by atoms with Gasteiger partial charge >= 0.3 is 0 Å². The molecule has 2 N–H and O–H groups in total. The fourth-order valence-electron chi connectivity index (χ4n) is 3.32. The number of H-pyrrole nitrogens is 1. The van der Waals surface area contributed by atoms with Gasteiger partial charge in [0.2, 0.25) is 0 Å². The van der Waals surface area contributed by atoms with E-state index in [1.165, 1.54) is 4.52 Å². The first-order valence-corrected chi connectivity index (χ1v) is 8.67. The second-order valence-corrected chi connectivity index (χ2v) is 6.72. The maximum Gasteiger partial charge on any atom is 0.277 e. The molecule has 9 heteroatoms. The Balaban J connectivity index is 2.09. The highest BCUT2D eigenvalue weighted by atomic mass is 35.5. The van der Waals surface area contributed by atoms with Gasteiger partial charge in [0.15, 0.2) is 11.3 Å². The Morgan fingerprint density at radius 3 is 2.56 bits per heavy atom. The van der Waals surface area contributed by atoms with Crippen LogP contribution in [0.25, 0.3) is 28.2 Å². The summed E-state index contributed by atoms with van der Waals surface area (Å²) in [6.45, 7) is 3.20. The molecule has 0 aliphatic carbocycles. The van der Waals surface area contributed by atoms with Crippen molar-refractivity contribution in [2.45, 2.75) is 20.5 Å². The van der Waals surface area contributed by atoms with Gasteiger partial charge in [0.25, 0.3) is 5.56 Å². The van der Waals surface area contributed by atoms with Crippen molar-refractivity contribution in [1.29, 1.82) is 0 Å². The number of aromatic amines is 1. The third-order valence-electron chi connectivity index (χ3n) is 4.40. The molecule has 4 aromatic rings. The first kappa shape index (κ1) is 17.4. The fourth-order valence-corrected chi connectivity index (χ4v) is 3.44. The van der Waals surface area contributed by atoms with Crippen LogP contribution in [0.15, 0.2) is 29.1 Å². The Labute approximate surface area is 159 Å². The number of aliphatic hydroxyl groups is 1. The van der Waals surface area contributed by atoms with Crippen molar-refractivity contribution in [3.05, 3.63) is 56.9 Å². The molecule has 0 aliphatic heterocycles. The van der Waals surface area contributed by atoms with Gasteiger partial charge in [-0.3, -0.25) is 9.48 Å². The number of hydrogen-bond acceptors (Lipinski definition) is 5. The molecule has 0 saturated heterocycles. The van der Waals surface area contributed by atoms with Gasteiger partial charge in [-0.1, -0.05) is 23.7 Å². The zero-order valence-corrected chi connectivity index (χ0v) is 15.7. The van der Waals surface area contributed by atoms with E-state index < -0.39 is 0 Å². The van der Waals surface area contributed by atoms with Crippen LogP contribution in [0.4, 0.5) is 0 Å². The van der Waals surface area contributed by atoms with Crippen molar-refractivity contribution in [2.75, 3.05) is 0 Å². The number of halogens is 1. The van der Waals surface area contributed by atoms with Crippen molar-refractivity contribution in [2.24, 2.45) is 7.05 Å². The summed E-state index contributed by atoms with van der Waals surface area (Å²) in [5, 5.41) is 19.3. The smallest absolute Gasteiger partial charge is 0.277 e. The zero-order chi connectivity index (χ0) is 19.3. The maximum atomic E-state index is 12.4. The first-order valence-electron chi connectivity index (χ1n) is 8.30. The summed E-state index contributed by atoms with van der Waals surface area (Å²) in [5.74, 6) is 0.907. The summed E-state index contributed by atoms with van der Waals surface area (Å²) in [6.07, 6.45) is 0. The third kappa shape index (κ3) is 2.73. The summed E-state index contributed by atoms with van der Waals surface area (Å²) >= 11 is 6.02. The minimum absolute atomic E-state index is 0.225. The Kier molecular flexibility index (Phi) is 4.09. The van der Waals surface area contributed by atoms with Crippen LogP contribution in [0, 0.1) is 13.8 Å². The SMILES string of the molecule is Cc1nn2c(-c3c(C)nn(C)c3-c3ccc(Cl)cc3)nc(CO)c2c(=O)[nH]1. The highest BCUT2D eigenvalue weighted by molar-refractivity contribution is 6.30. The molecule has 0 aliphatic rings. The minimum atomic E-state index is -0.368. The lowest BCUT2D eigenvalue weighted by Gasteiger charge is -2.07. The number of aromatic nitrogens is 6. The number of aliphatic hydroxyl groups excluding tert-OH is 1. The van der Waals surface area contributed by atoms with Gasteiger partial charge in [0.05, 0.1) is 29.3 Å². The van der Waals surface area contributed by atoms with Gasteiger partial charge in [0, 0.05) is 17.6 Å². The van der Waals surface area contributed by atoms with Gasteiger partial charge in [0.1, 0.15) is 5.82 Å². The van der Waals surface area contributed by atoms with Gasteiger partial charge in [-0.2, -0.15) is 10.2 Å². The molecule has 0 saturated carbocycles. The van der Waals surface area contributed by atoms with Crippen molar-refractivity contribution >= 4 is 17.1 Å². The van der Waals surface area contributed by atoms with Crippen LogP contribution in [0.1, 0.15) is 17.2 Å². The number of benzene rings is 1. The molecule has 8 nitrogen and oxygen atoms in total. The molecule has 0 amide bonds. The molecule has 0 fully saturated rings. The van der Waals surface area contributed by atoms with E-state index in [0.717, 1.165) is 22.5 Å². The summed E-state index contributed by atoms with van der Waals surface area (Å²) in [5.41, 5.74) is 3.35. The number of imidazole rings is 1. The molecule has 1 aromatic carbocycles. The van der Waals surface area contributed by atoms with Gasteiger partial charge in [-0.05, 0) is 26.0 Å².